The van der Waals surface area contributed by atoms with Gasteiger partial charge in [-0.15, -0.1) is 0 Å². The van der Waals surface area contributed by atoms with Crippen LogP contribution in [0.5, 0.6) is 5.75 Å². The lowest BCUT2D eigenvalue weighted by Gasteiger charge is -2.32. The topological polar surface area (TPSA) is 69.2 Å². The summed E-state index contributed by atoms with van der Waals surface area (Å²) in [6.45, 7) is 13.9. The number of carbonyl (C=O) groups is 1. The van der Waals surface area contributed by atoms with Crippen LogP contribution in [0.1, 0.15) is 64.2 Å². The van der Waals surface area contributed by atoms with E-state index in [1.54, 1.807) is 11.9 Å². The van der Waals surface area contributed by atoms with Gasteiger partial charge in [-0.3, -0.25) is 4.79 Å². The molecule has 1 amide bonds. The molecule has 0 spiro atoms. The lowest BCUT2D eigenvalue weighted by atomic mass is 10.1. The van der Waals surface area contributed by atoms with Gasteiger partial charge in [0.25, 0.3) is 5.91 Å². The number of hydrogen-bond donors (Lipinski definition) is 2. The van der Waals surface area contributed by atoms with Crippen LogP contribution in [0.4, 0.5) is 4.39 Å². The van der Waals surface area contributed by atoms with E-state index in [2.05, 4.69) is 27.4 Å². The summed E-state index contributed by atoms with van der Waals surface area (Å²) in [6.07, 6.45) is 2.83. The Labute approximate surface area is 209 Å². The smallest absolute Gasteiger partial charge is 0.258 e. The zero-order valence-electron chi connectivity index (χ0n) is 22.0. The Morgan fingerprint density at radius 2 is 2.00 bits per heavy atom. The van der Waals surface area contributed by atoms with Crippen LogP contribution in [-0.2, 0) is 0 Å². The molecule has 0 radical (unpaired) electrons. The average Bonchev–Trinajstić information content (AvgIpc) is 2.83. The van der Waals surface area contributed by atoms with Gasteiger partial charge in [0.1, 0.15) is 23.5 Å². The van der Waals surface area contributed by atoms with Crippen molar-refractivity contribution in [3.63, 3.8) is 0 Å². The summed E-state index contributed by atoms with van der Waals surface area (Å²) in [5, 5.41) is 6.42. The molecule has 35 heavy (non-hydrogen) atoms. The largest absolute Gasteiger partial charge is 0.489 e. The van der Waals surface area contributed by atoms with Crippen LogP contribution in [0.3, 0.4) is 0 Å². The molecule has 0 aromatic heterocycles. The highest BCUT2D eigenvalue weighted by Crippen LogP contribution is 2.26. The van der Waals surface area contributed by atoms with Gasteiger partial charge in [-0.2, -0.15) is 0 Å². The van der Waals surface area contributed by atoms with Gasteiger partial charge in [0.15, 0.2) is 0 Å². The zero-order valence-corrected chi connectivity index (χ0v) is 22.0. The summed E-state index contributed by atoms with van der Waals surface area (Å²) in [6, 6.07) is 4.18. The molecule has 3 rings (SSSR count). The molecule has 2 heterocycles. The highest BCUT2D eigenvalue weighted by molar-refractivity contribution is 6.00. The summed E-state index contributed by atoms with van der Waals surface area (Å²) < 4.78 is 20.4. The van der Waals surface area contributed by atoms with Gasteiger partial charge < -0.3 is 25.2 Å². The van der Waals surface area contributed by atoms with E-state index in [0.29, 0.717) is 24.5 Å². The first-order valence-corrected chi connectivity index (χ1v) is 12.6. The summed E-state index contributed by atoms with van der Waals surface area (Å²) in [5.41, 5.74) is 4.45. The van der Waals surface area contributed by atoms with Crippen LogP contribution in [0.25, 0.3) is 0 Å². The van der Waals surface area contributed by atoms with Crippen molar-refractivity contribution in [3.05, 3.63) is 52.2 Å². The van der Waals surface area contributed by atoms with Crippen molar-refractivity contribution in [1.29, 1.82) is 0 Å². The van der Waals surface area contributed by atoms with E-state index >= 15 is 0 Å². The Balaban J connectivity index is 1.79. The molecule has 0 atom stereocenters. The third-order valence-electron chi connectivity index (χ3n) is 6.70. The van der Waals surface area contributed by atoms with E-state index in [1.165, 1.54) is 18.2 Å². The van der Waals surface area contributed by atoms with Crippen molar-refractivity contribution in [3.8, 4) is 5.75 Å². The fourth-order valence-electron chi connectivity index (χ4n) is 4.46. The molecular formula is C27H40FN5O2. The maximum atomic E-state index is 14.2. The van der Waals surface area contributed by atoms with Crippen molar-refractivity contribution in [1.82, 2.24) is 20.4 Å². The van der Waals surface area contributed by atoms with E-state index in [0.717, 1.165) is 67.3 Å². The summed E-state index contributed by atoms with van der Waals surface area (Å²) in [7, 11) is 1.80. The third kappa shape index (κ3) is 6.92. The van der Waals surface area contributed by atoms with Crippen LogP contribution in [-0.4, -0.2) is 67.4 Å². The fourth-order valence-corrected chi connectivity index (χ4v) is 4.46. The molecule has 1 aromatic carbocycles. The number of rotatable bonds is 9. The van der Waals surface area contributed by atoms with Crippen LogP contribution in [0, 0.1) is 5.82 Å². The second kappa shape index (κ2) is 12.3. The Morgan fingerprint density at radius 3 is 2.63 bits per heavy atom. The number of likely N-dealkylation sites (tertiary alicyclic amines) is 1. The van der Waals surface area contributed by atoms with Crippen molar-refractivity contribution in [2.75, 3.05) is 39.9 Å². The molecule has 8 heteroatoms. The highest BCUT2D eigenvalue weighted by Gasteiger charge is 2.25. The zero-order chi connectivity index (χ0) is 25.5. The Kier molecular flexibility index (Phi) is 9.46. The van der Waals surface area contributed by atoms with Crippen molar-refractivity contribution in [2.24, 2.45) is 4.99 Å². The Morgan fingerprint density at radius 1 is 1.29 bits per heavy atom. The quantitative estimate of drug-likeness (QED) is 0.511. The van der Waals surface area contributed by atoms with Crippen molar-refractivity contribution in [2.45, 2.75) is 60.0 Å². The molecule has 1 saturated heterocycles. The van der Waals surface area contributed by atoms with Gasteiger partial charge in [0.05, 0.1) is 12.2 Å². The van der Waals surface area contributed by atoms with E-state index in [4.69, 9.17) is 4.74 Å². The van der Waals surface area contributed by atoms with E-state index in [-0.39, 0.29) is 12.0 Å². The van der Waals surface area contributed by atoms with Gasteiger partial charge in [0.2, 0.25) is 0 Å². The number of allylic oxidation sites excluding steroid dienone is 2. The fraction of sp³-hybridized carbons (Fsp3) is 0.556. The molecule has 2 aliphatic heterocycles. The molecular weight excluding hydrogens is 445 g/mol. The van der Waals surface area contributed by atoms with E-state index < -0.39 is 5.82 Å². The minimum atomic E-state index is -0.410. The van der Waals surface area contributed by atoms with Gasteiger partial charge in [-0.1, -0.05) is 6.92 Å². The summed E-state index contributed by atoms with van der Waals surface area (Å²) >= 11 is 0. The lowest BCUT2D eigenvalue weighted by Crippen LogP contribution is -2.40. The minimum Gasteiger partial charge on any atom is -0.489 e. The molecule has 192 valence electrons. The van der Waals surface area contributed by atoms with E-state index in [1.807, 2.05) is 27.7 Å². The van der Waals surface area contributed by atoms with Crippen LogP contribution >= 0.6 is 0 Å². The monoisotopic (exact) mass is 485 g/mol. The van der Waals surface area contributed by atoms with Gasteiger partial charge in [-0.25, -0.2) is 9.38 Å². The van der Waals surface area contributed by atoms with E-state index in [9.17, 15) is 9.18 Å². The predicted octanol–water partition coefficient (Wildman–Crippen LogP) is 4.29. The molecule has 2 aliphatic rings. The number of amides is 1. The van der Waals surface area contributed by atoms with Gasteiger partial charge >= 0.3 is 0 Å². The van der Waals surface area contributed by atoms with Crippen LogP contribution in [0.2, 0.25) is 0 Å². The molecule has 1 aromatic rings. The second-order valence-electron chi connectivity index (χ2n) is 9.52. The standard InChI is InChI=1S/C27H40FN5O2/c1-7-12-32-13-10-23(11-14-32)35-25-15-22(28)8-9-24(25)27(34)33(17-29-6)16-18(2)26-30-20(4)19(3)21(5)31-26/h8-9,15,23,29-30H,7,10-14,16-17H2,1-6H3/b26-18+. The summed E-state index contributed by atoms with van der Waals surface area (Å²) in [4.78, 5) is 22.4. The number of carbonyl (C=O) groups excluding carboxylic acids is 1. The van der Waals surface area contributed by atoms with Gasteiger partial charge in [-0.05, 0) is 83.8 Å². The normalized spacial score (nSPS) is 18.8. The van der Waals surface area contributed by atoms with Crippen LogP contribution < -0.4 is 15.4 Å². The first kappa shape index (κ1) is 26.9. The average molecular weight is 486 g/mol. The van der Waals surface area contributed by atoms with Gasteiger partial charge in [0, 0.05) is 37.1 Å². The minimum absolute atomic E-state index is 0.0280. The number of nitrogens with one attached hydrogen (secondary N) is 2. The Hall–Kier alpha value is -2.71. The first-order valence-electron chi connectivity index (χ1n) is 12.6. The predicted molar refractivity (Wildman–Crippen MR) is 139 cm³/mol. The number of halogens is 1. The molecule has 0 bridgehead atoms. The van der Waals surface area contributed by atoms with Crippen LogP contribution in [0.15, 0.2) is 45.9 Å². The second-order valence-corrected chi connectivity index (χ2v) is 9.52. The maximum absolute atomic E-state index is 14.2. The third-order valence-corrected chi connectivity index (χ3v) is 6.70. The molecule has 0 aliphatic carbocycles. The molecule has 2 N–H and O–H groups in total. The molecule has 1 fully saturated rings. The number of ether oxygens (including phenoxy) is 1. The number of benzene rings is 1. The van der Waals surface area contributed by atoms with Crippen molar-refractivity contribution < 1.29 is 13.9 Å². The lowest BCUT2D eigenvalue weighted by molar-refractivity contribution is 0.0737. The number of piperidine rings is 1. The highest BCUT2D eigenvalue weighted by atomic mass is 19.1. The first-order chi connectivity index (χ1) is 16.7. The number of hydrogen-bond acceptors (Lipinski definition) is 6. The maximum Gasteiger partial charge on any atom is 0.258 e. The molecule has 7 nitrogen and oxygen atoms in total. The SMILES string of the molecule is CCCN1CCC(Oc2cc(F)ccc2C(=O)N(CNC)C/C(C)=C2/N=C(C)C(C)=C(C)N2)CC1. The summed E-state index contributed by atoms with van der Waals surface area (Å²) in [5.74, 6) is 0.452. The molecule has 0 saturated carbocycles. The number of nitrogens with zero attached hydrogens (tertiary/aromatic N) is 3. The number of aliphatic imine (C=N–C) groups is 1. The van der Waals surface area contributed by atoms with Crippen molar-refractivity contribution >= 4 is 11.6 Å². The Bertz CT molecular complexity index is 1010. The molecule has 0 unspecified atom stereocenters.